The lowest BCUT2D eigenvalue weighted by atomic mass is 10.3. The Morgan fingerprint density at radius 2 is 2.27 bits per heavy atom. The van der Waals surface area contributed by atoms with Crippen molar-refractivity contribution in [3.05, 3.63) is 17.5 Å². The molecule has 0 radical (unpaired) electrons. The van der Waals surface area contributed by atoms with Crippen LogP contribution in [0.15, 0.2) is 6.07 Å². The Balaban J connectivity index is 2.99. The Morgan fingerprint density at radius 1 is 1.60 bits per heavy atom. The molecular formula is C8H13N5O2. The summed E-state index contributed by atoms with van der Waals surface area (Å²) in [6, 6.07) is 1.54. The molecule has 0 aliphatic carbocycles. The van der Waals surface area contributed by atoms with Gasteiger partial charge in [-0.15, -0.1) is 0 Å². The third-order valence-electron chi connectivity index (χ3n) is 1.53. The summed E-state index contributed by atoms with van der Waals surface area (Å²) in [5.41, 5.74) is 3.48. The molecule has 0 aromatic carbocycles. The van der Waals surface area contributed by atoms with Crippen molar-refractivity contribution in [2.24, 2.45) is 5.84 Å². The van der Waals surface area contributed by atoms with Gasteiger partial charge < -0.3 is 4.74 Å². The highest BCUT2D eigenvalue weighted by molar-refractivity contribution is 5.87. The Labute approximate surface area is 87.2 Å². The molecule has 0 aliphatic heterocycles. The van der Waals surface area contributed by atoms with Gasteiger partial charge in [-0.05, 0) is 13.0 Å². The SMILES string of the molecule is COC(=O)c1cc(C)nc(NN(C)N)n1. The van der Waals surface area contributed by atoms with Crippen molar-refractivity contribution in [2.45, 2.75) is 6.92 Å². The van der Waals surface area contributed by atoms with Gasteiger partial charge in [-0.3, -0.25) is 11.3 Å². The number of methoxy groups -OCH3 is 1. The van der Waals surface area contributed by atoms with E-state index in [9.17, 15) is 4.79 Å². The molecule has 7 heteroatoms. The van der Waals surface area contributed by atoms with Crippen LogP contribution >= 0.6 is 0 Å². The van der Waals surface area contributed by atoms with Gasteiger partial charge in [0.25, 0.3) is 0 Å². The van der Waals surface area contributed by atoms with E-state index >= 15 is 0 Å². The second-order valence-corrected chi connectivity index (χ2v) is 2.93. The maximum Gasteiger partial charge on any atom is 0.356 e. The van der Waals surface area contributed by atoms with Crippen LogP contribution in [0.4, 0.5) is 5.95 Å². The number of hydrogen-bond acceptors (Lipinski definition) is 7. The normalized spacial score (nSPS) is 10.2. The van der Waals surface area contributed by atoms with Crippen LogP contribution in [0.25, 0.3) is 0 Å². The van der Waals surface area contributed by atoms with Crippen molar-refractivity contribution in [2.75, 3.05) is 19.6 Å². The molecular weight excluding hydrogens is 198 g/mol. The first-order valence-electron chi connectivity index (χ1n) is 4.22. The number of carbonyl (C=O) groups is 1. The quantitative estimate of drug-likeness (QED) is 0.403. The van der Waals surface area contributed by atoms with Crippen molar-refractivity contribution in [3.8, 4) is 0 Å². The molecule has 1 aromatic heterocycles. The summed E-state index contributed by atoms with van der Waals surface area (Å²) >= 11 is 0. The van der Waals surface area contributed by atoms with Gasteiger partial charge in [-0.1, -0.05) is 0 Å². The molecule has 0 saturated heterocycles. The highest BCUT2D eigenvalue weighted by Crippen LogP contribution is 2.05. The van der Waals surface area contributed by atoms with Crippen molar-refractivity contribution >= 4 is 11.9 Å². The number of nitrogens with two attached hydrogens (primary N) is 1. The van der Waals surface area contributed by atoms with Gasteiger partial charge in [-0.2, -0.15) is 5.12 Å². The largest absolute Gasteiger partial charge is 0.464 e. The third kappa shape index (κ3) is 3.15. The first-order valence-corrected chi connectivity index (χ1v) is 4.22. The van der Waals surface area contributed by atoms with Gasteiger partial charge in [0.1, 0.15) is 0 Å². The fraction of sp³-hybridized carbons (Fsp3) is 0.375. The van der Waals surface area contributed by atoms with E-state index in [1.807, 2.05) is 0 Å². The maximum atomic E-state index is 11.2. The first-order chi connectivity index (χ1) is 7.02. The molecule has 0 bridgehead atoms. The minimum Gasteiger partial charge on any atom is -0.464 e. The Bertz CT molecular complexity index is 366. The van der Waals surface area contributed by atoms with E-state index in [0.717, 1.165) is 0 Å². The summed E-state index contributed by atoms with van der Waals surface area (Å²) in [5, 5.41) is 1.19. The second kappa shape index (κ2) is 4.67. The summed E-state index contributed by atoms with van der Waals surface area (Å²) in [6.07, 6.45) is 0. The molecule has 7 nitrogen and oxygen atoms in total. The van der Waals surface area contributed by atoms with Crippen LogP contribution < -0.4 is 11.3 Å². The number of nitrogens with zero attached hydrogens (tertiary/aromatic N) is 3. The van der Waals surface area contributed by atoms with Gasteiger partial charge in [0.2, 0.25) is 5.95 Å². The van der Waals surface area contributed by atoms with Gasteiger partial charge in [0.15, 0.2) is 5.69 Å². The summed E-state index contributed by atoms with van der Waals surface area (Å²) in [5.74, 6) is 5.10. The zero-order valence-electron chi connectivity index (χ0n) is 8.81. The van der Waals surface area contributed by atoms with Crippen molar-refractivity contribution in [1.29, 1.82) is 0 Å². The fourth-order valence-electron chi connectivity index (χ4n) is 0.985. The zero-order chi connectivity index (χ0) is 11.4. The van der Waals surface area contributed by atoms with E-state index in [1.165, 1.54) is 18.3 Å². The van der Waals surface area contributed by atoms with Crippen molar-refractivity contribution in [3.63, 3.8) is 0 Å². The van der Waals surface area contributed by atoms with Crippen LogP contribution in [0.5, 0.6) is 0 Å². The van der Waals surface area contributed by atoms with Crippen LogP contribution in [-0.4, -0.2) is 35.2 Å². The van der Waals surface area contributed by atoms with Crippen LogP contribution in [0.1, 0.15) is 16.2 Å². The lowest BCUT2D eigenvalue weighted by Crippen LogP contribution is -2.33. The summed E-state index contributed by atoms with van der Waals surface area (Å²) in [7, 11) is 2.88. The van der Waals surface area contributed by atoms with Crippen LogP contribution in [-0.2, 0) is 4.74 Å². The molecule has 0 fully saturated rings. The Hall–Kier alpha value is -1.73. The molecule has 0 unspecified atom stereocenters. The molecule has 15 heavy (non-hydrogen) atoms. The van der Waals surface area contributed by atoms with Gasteiger partial charge >= 0.3 is 5.97 Å². The highest BCUT2D eigenvalue weighted by atomic mass is 16.5. The lowest BCUT2D eigenvalue weighted by Gasteiger charge is -2.12. The third-order valence-corrected chi connectivity index (χ3v) is 1.53. The van der Waals surface area contributed by atoms with E-state index in [-0.39, 0.29) is 11.6 Å². The number of nitrogens with one attached hydrogen (secondary N) is 1. The first kappa shape index (κ1) is 11.3. The number of rotatable bonds is 3. The standard InChI is InChI=1S/C8H13N5O2/c1-5-4-6(7(14)15-3)11-8(10-5)12-13(2)9/h4H,9H2,1-3H3,(H,10,11,12). The van der Waals surface area contributed by atoms with Gasteiger partial charge in [0, 0.05) is 12.7 Å². The zero-order valence-corrected chi connectivity index (χ0v) is 8.81. The molecule has 82 valence electrons. The molecule has 1 rings (SSSR count). The van der Waals surface area contributed by atoms with Gasteiger partial charge in [0.05, 0.1) is 7.11 Å². The number of carbonyl (C=O) groups excluding carboxylic acids is 1. The van der Waals surface area contributed by atoms with Gasteiger partial charge in [-0.25, -0.2) is 14.8 Å². The number of esters is 1. The van der Waals surface area contributed by atoms with E-state index in [2.05, 4.69) is 20.1 Å². The fourth-order valence-corrected chi connectivity index (χ4v) is 0.985. The average Bonchev–Trinajstić information content (AvgIpc) is 2.14. The molecule has 0 amide bonds. The van der Waals surface area contributed by atoms with Crippen LogP contribution in [0.3, 0.4) is 0 Å². The predicted molar refractivity (Wildman–Crippen MR) is 53.7 cm³/mol. The van der Waals surface area contributed by atoms with Crippen LogP contribution in [0, 0.1) is 6.92 Å². The molecule has 3 N–H and O–H groups in total. The molecule has 0 saturated carbocycles. The number of hydrazine groups is 2. The van der Waals surface area contributed by atoms with Crippen LogP contribution in [0.2, 0.25) is 0 Å². The van der Waals surface area contributed by atoms with Crippen molar-refractivity contribution in [1.82, 2.24) is 15.1 Å². The summed E-state index contributed by atoms with van der Waals surface area (Å²) in [4.78, 5) is 19.2. The van der Waals surface area contributed by atoms with Crippen molar-refractivity contribution < 1.29 is 9.53 Å². The van der Waals surface area contributed by atoms with E-state index in [0.29, 0.717) is 5.69 Å². The van der Waals surface area contributed by atoms with E-state index in [4.69, 9.17) is 5.84 Å². The molecule has 0 aliphatic rings. The maximum absolute atomic E-state index is 11.2. The molecule has 1 heterocycles. The average molecular weight is 211 g/mol. The molecule has 1 aromatic rings. The minimum absolute atomic E-state index is 0.189. The monoisotopic (exact) mass is 211 g/mol. The topological polar surface area (TPSA) is 93.4 Å². The number of anilines is 1. The summed E-state index contributed by atoms with van der Waals surface area (Å²) < 4.78 is 4.55. The molecule has 0 spiro atoms. The Kier molecular flexibility index (Phi) is 3.53. The summed E-state index contributed by atoms with van der Waals surface area (Å²) in [6.45, 7) is 1.75. The Morgan fingerprint density at radius 3 is 2.80 bits per heavy atom. The molecule has 0 atom stereocenters. The van der Waals surface area contributed by atoms with E-state index in [1.54, 1.807) is 14.0 Å². The lowest BCUT2D eigenvalue weighted by molar-refractivity contribution is 0.0593. The smallest absolute Gasteiger partial charge is 0.356 e. The number of aromatic nitrogens is 2. The number of aryl methyl sites for hydroxylation is 1. The number of ether oxygens (including phenoxy) is 1. The van der Waals surface area contributed by atoms with E-state index < -0.39 is 5.97 Å². The predicted octanol–water partition coefficient (Wildman–Crippen LogP) is -0.296. The number of hydrogen-bond donors (Lipinski definition) is 2. The highest BCUT2D eigenvalue weighted by Gasteiger charge is 2.10. The second-order valence-electron chi connectivity index (χ2n) is 2.93. The minimum atomic E-state index is -0.511.